The van der Waals surface area contributed by atoms with E-state index >= 15 is 0 Å². The summed E-state index contributed by atoms with van der Waals surface area (Å²) in [4.78, 5) is 43.7. The van der Waals surface area contributed by atoms with E-state index < -0.39 is 0 Å². The molecule has 1 aromatic carbocycles. The van der Waals surface area contributed by atoms with E-state index in [0.29, 0.717) is 15.4 Å². The molecular weight excluding hydrogens is 490 g/mol. The lowest BCUT2D eigenvalue weighted by atomic mass is 9.95. The van der Waals surface area contributed by atoms with Crippen LogP contribution in [0.25, 0.3) is 10.2 Å². The van der Waals surface area contributed by atoms with Crippen molar-refractivity contribution in [2.75, 3.05) is 23.4 Å². The second-order valence-corrected chi connectivity index (χ2v) is 10.9. The van der Waals surface area contributed by atoms with Gasteiger partial charge in [-0.05, 0) is 57.2 Å². The number of hydrogen-bond donors (Lipinski definition) is 1. The zero-order chi connectivity index (χ0) is 24.1. The molecule has 3 aromatic rings. The number of aryl methyl sites for hydroxylation is 2. The lowest BCUT2D eigenvalue weighted by molar-refractivity contribution is -0.115. The van der Waals surface area contributed by atoms with Gasteiger partial charge in [-0.3, -0.25) is 9.59 Å². The highest BCUT2D eigenvalue weighted by Crippen LogP contribution is 2.38. The van der Waals surface area contributed by atoms with Crippen molar-refractivity contribution >= 4 is 67.4 Å². The topological polar surface area (TPSA) is 89.8 Å². The molecule has 1 aliphatic rings. The number of esters is 1. The Kier molecular flexibility index (Phi) is 8.23. The molecule has 0 aliphatic heterocycles. The van der Waals surface area contributed by atoms with Crippen molar-refractivity contribution in [1.29, 1.82) is 0 Å². The van der Waals surface area contributed by atoms with Crippen molar-refractivity contribution < 1.29 is 19.1 Å². The lowest BCUT2D eigenvalue weighted by Gasteiger charge is -2.12. The molecule has 0 bridgehead atoms. The maximum atomic E-state index is 12.6. The molecule has 0 saturated carbocycles. The summed E-state index contributed by atoms with van der Waals surface area (Å²) in [6.07, 6.45) is 3.86. The number of aromatic nitrogens is 1. The Morgan fingerprint density at radius 1 is 1.12 bits per heavy atom. The summed E-state index contributed by atoms with van der Waals surface area (Å²) in [6, 6.07) is 7.97. The van der Waals surface area contributed by atoms with Gasteiger partial charge in [-0.25, -0.2) is 4.79 Å². The number of thiazole rings is 1. The Morgan fingerprint density at radius 2 is 1.91 bits per heavy atom. The van der Waals surface area contributed by atoms with Crippen LogP contribution in [0.15, 0.2) is 29.3 Å². The highest BCUT2D eigenvalue weighted by Gasteiger charge is 2.27. The number of rotatable bonds is 8. The molecule has 1 N–H and O–H groups in total. The predicted molar refractivity (Wildman–Crippen MR) is 139 cm³/mol. The number of para-hydroxylation sites is 1. The summed E-state index contributed by atoms with van der Waals surface area (Å²) in [6.45, 7) is 4.80. The number of ether oxygens (including phenoxy) is 1. The Balaban J connectivity index is 1.39. The molecule has 0 atom stereocenters. The van der Waals surface area contributed by atoms with Crippen LogP contribution in [0, 0.1) is 0 Å². The first-order valence-corrected chi connectivity index (χ1v) is 14.2. The van der Waals surface area contributed by atoms with E-state index in [2.05, 4.69) is 10.3 Å². The number of nitrogens with one attached hydrogen (secondary N) is 1. The van der Waals surface area contributed by atoms with Crippen molar-refractivity contribution in [1.82, 2.24) is 4.57 Å². The van der Waals surface area contributed by atoms with Gasteiger partial charge < -0.3 is 14.6 Å². The average molecular weight is 518 g/mol. The third kappa shape index (κ3) is 5.45. The van der Waals surface area contributed by atoms with Crippen LogP contribution >= 0.6 is 34.4 Å². The second-order valence-electron chi connectivity index (χ2n) is 7.78. The fourth-order valence-corrected chi connectivity index (χ4v) is 7.02. The van der Waals surface area contributed by atoms with Crippen LogP contribution in [0.2, 0.25) is 0 Å². The van der Waals surface area contributed by atoms with Gasteiger partial charge in [0.1, 0.15) is 5.00 Å². The van der Waals surface area contributed by atoms with Crippen LogP contribution in [0.4, 0.5) is 5.00 Å². The minimum Gasteiger partial charge on any atom is -0.462 e. The number of thiophene rings is 1. The zero-order valence-corrected chi connectivity index (χ0v) is 21.7. The van der Waals surface area contributed by atoms with Crippen LogP contribution in [-0.4, -0.2) is 40.5 Å². The second kappa shape index (κ2) is 11.3. The van der Waals surface area contributed by atoms with Gasteiger partial charge in [0.05, 0.1) is 33.9 Å². The van der Waals surface area contributed by atoms with Crippen molar-refractivity contribution in [3.8, 4) is 0 Å². The maximum absolute atomic E-state index is 12.6. The van der Waals surface area contributed by atoms with Crippen LogP contribution in [0.1, 0.15) is 47.5 Å². The van der Waals surface area contributed by atoms with Crippen LogP contribution in [0.3, 0.4) is 0 Å². The number of carbonyl (C=O) groups excluding carboxylic acids is 3. The van der Waals surface area contributed by atoms with E-state index in [9.17, 15) is 14.4 Å². The lowest BCUT2D eigenvalue weighted by Crippen LogP contribution is -2.19. The highest BCUT2D eigenvalue weighted by atomic mass is 32.2. The van der Waals surface area contributed by atoms with Gasteiger partial charge in [0.2, 0.25) is 5.91 Å². The number of thioether (sulfide) groups is 1. The summed E-state index contributed by atoms with van der Waals surface area (Å²) in [5.41, 5.74) is 2.57. The van der Waals surface area contributed by atoms with Crippen molar-refractivity contribution in [3.05, 3.63) is 45.1 Å². The molecule has 10 heteroatoms. The quantitative estimate of drug-likeness (QED) is 0.440. The van der Waals surface area contributed by atoms with E-state index in [-0.39, 0.29) is 35.9 Å². The third-order valence-corrected chi connectivity index (χ3v) is 8.67. The molecule has 34 heavy (non-hydrogen) atoms. The smallest absolute Gasteiger partial charge is 0.341 e. The molecule has 2 aromatic heterocycles. The van der Waals surface area contributed by atoms with E-state index in [4.69, 9.17) is 4.74 Å². The van der Waals surface area contributed by atoms with E-state index in [0.717, 1.165) is 52.9 Å². The third-order valence-electron chi connectivity index (χ3n) is 5.49. The van der Waals surface area contributed by atoms with Gasteiger partial charge in [-0.15, -0.1) is 23.1 Å². The zero-order valence-electron chi connectivity index (χ0n) is 19.2. The maximum Gasteiger partial charge on any atom is 0.341 e. The molecule has 0 saturated heterocycles. The number of amides is 2. The fraction of sp³-hybridized carbons (Fsp3) is 0.417. The summed E-state index contributed by atoms with van der Waals surface area (Å²) < 4.78 is 8.34. The summed E-state index contributed by atoms with van der Waals surface area (Å²) in [5, 5.41) is 3.44. The normalized spacial score (nSPS) is 13.6. The molecule has 4 rings (SSSR count). The van der Waals surface area contributed by atoms with Gasteiger partial charge in [0.25, 0.3) is 5.91 Å². The number of fused-ring (bicyclic) bond motifs is 2. The van der Waals surface area contributed by atoms with Crippen molar-refractivity contribution in [2.24, 2.45) is 4.99 Å². The average Bonchev–Trinajstić information content (AvgIpc) is 3.36. The minimum atomic E-state index is -0.383. The van der Waals surface area contributed by atoms with Crippen LogP contribution < -0.4 is 10.1 Å². The number of carbonyl (C=O) groups is 3. The molecule has 0 fully saturated rings. The number of hydrogen-bond acceptors (Lipinski definition) is 7. The first-order chi connectivity index (χ1) is 16.5. The SMILES string of the molecule is CCOC(=O)c1c(NC(=O)CSCC(=O)N=c2sc3ccccc3n2CC)sc2c1CCCC2. The van der Waals surface area contributed by atoms with Crippen molar-refractivity contribution in [3.63, 3.8) is 0 Å². The predicted octanol–water partition coefficient (Wildman–Crippen LogP) is 4.64. The molecule has 0 radical (unpaired) electrons. The molecule has 1 aliphatic carbocycles. The van der Waals surface area contributed by atoms with Crippen LogP contribution in [-0.2, 0) is 33.7 Å². The Hall–Kier alpha value is -2.43. The van der Waals surface area contributed by atoms with Gasteiger partial charge in [0.15, 0.2) is 4.80 Å². The summed E-state index contributed by atoms with van der Waals surface area (Å²) in [7, 11) is 0. The Morgan fingerprint density at radius 3 is 2.71 bits per heavy atom. The van der Waals surface area contributed by atoms with Gasteiger partial charge in [0, 0.05) is 11.4 Å². The summed E-state index contributed by atoms with van der Waals surface area (Å²) in [5.74, 6) is -0.687. The molecule has 0 spiro atoms. The first-order valence-electron chi connectivity index (χ1n) is 11.4. The standard InChI is InChI=1S/C24H27N3O4S3/c1-3-27-16-10-6-8-12-18(16)34-24(27)26-20(29)14-32-13-19(28)25-22-21(23(30)31-4-2)15-9-5-7-11-17(15)33-22/h6,8,10,12H,3-5,7,9,11,13-14H2,1-2H3,(H,25,28). The Bertz CT molecular complexity index is 1290. The molecule has 2 heterocycles. The molecule has 180 valence electrons. The molecule has 2 amide bonds. The largest absolute Gasteiger partial charge is 0.462 e. The number of nitrogens with zero attached hydrogens (tertiary/aromatic N) is 2. The van der Waals surface area contributed by atoms with Gasteiger partial charge in [-0.2, -0.15) is 4.99 Å². The van der Waals surface area contributed by atoms with Gasteiger partial charge in [-0.1, -0.05) is 23.5 Å². The Labute approximate surface area is 210 Å². The van der Waals surface area contributed by atoms with E-state index in [1.165, 1.54) is 34.4 Å². The minimum absolute atomic E-state index is 0.103. The highest BCUT2D eigenvalue weighted by molar-refractivity contribution is 8.00. The fourth-order valence-electron chi connectivity index (χ4n) is 4.02. The molecule has 7 nitrogen and oxygen atoms in total. The van der Waals surface area contributed by atoms with E-state index in [1.54, 1.807) is 6.92 Å². The summed E-state index contributed by atoms with van der Waals surface area (Å²) >= 11 is 4.16. The number of benzene rings is 1. The first kappa shape index (κ1) is 24.7. The van der Waals surface area contributed by atoms with E-state index in [1.807, 2.05) is 35.8 Å². The monoisotopic (exact) mass is 517 g/mol. The number of anilines is 1. The molecule has 0 unspecified atom stereocenters. The van der Waals surface area contributed by atoms with Crippen LogP contribution in [0.5, 0.6) is 0 Å². The molecular formula is C24H27N3O4S3. The van der Waals surface area contributed by atoms with Gasteiger partial charge >= 0.3 is 5.97 Å². The van der Waals surface area contributed by atoms with Crippen molar-refractivity contribution in [2.45, 2.75) is 46.1 Å².